The lowest BCUT2D eigenvalue weighted by Gasteiger charge is -2.17. The minimum Gasteiger partial charge on any atom is -0.354 e. The van der Waals surface area contributed by atoms with E-state index in [9.17, 15) is 4.79 Å². The molecule has 0 atom stereocenters. The summed E-state index contributed by atoms with van der Waals surface area (Å²) in [5.41, 5.74) is 3.09. The molecule has 0 radical (unpaired) electrons. The van der Waals surface area contributed by atoms with Gasteiger partial charge < -0.3 is 10.2 Å². The lowest BCUT2D eigenvalue weighted by molar-refractivity contribution is 0.0791. The third kappa shape index (κ3) is 5.88. The molecule has 3 rings (SSSR count). The van der Waals surface area contributed by atoms with Crippen LogP contribution in [0.2, 0.25) is 0 Å². The second-order valence-electron chi connectivity index (χ2n) is 6.88. The average molecular weight is 365 g/mol. The number of pyridine rings is 1. The van der Waals surface area contributed by atoms with Crippen molar-refractivity contribution in [2.75, 3.05) is 25.5 Å². The number of anilines is 1. The van der Waals surface area contributed by atoms with E-state index in [1.54, 1.807) is 36.6 Å². The van der Waals surface area contributed by atoms with Crippen LogP contribution in [0.15, 0.2) is 48.4 Å². The third-order valence-corrected chi connectivity index (χ3v) is 4.82. The minimum atomic E-state index is -0.0931. The number of amides is 1. The van der Waals surface area contributed by atoms with E-state index in [-0.39, 0.29) is 5.91 Å². The number of hydrogen-bond donors (Lipinski definition) is 1. The molecule has 2 aromatic heterocycles. The molecule has 0 aromatic carbocycles. The number of likely N-dealkylation sites (N-methyl/N-ethyl adjacent to an activating group) is 1. The van der Waals surface area contributed by atoms with E-state index in [2.05, 4.69) is 26.3 Å². The normalized spacial score (nSPS) is 13.7. The van der Waals surface area contributed by atoms with Crippen molar-refractivity contribution in [2.24, 2.45) is 0 Å². The second kappa shape index (κ2) is 9.80. The highest BCUT2D eigenvalue weighted by Crippen LogP contribution is 2.19. The molecule has 1 amide bonds. The zero-order valence-electron chi connectivity index (χ0n) is 15.9. The highest BCUT2D eigenvalue weighted by atomic mass is 16.2. The largest absolute Gasteiger partial charge is 0.354 e. The summed E-state index contributed by atoms with van der Waals surface area (Å²) in [6.45, 7) is 1.42. The van der Waals surface area contributed by atoms with E-state index in [0.29, 0.717) is 18.2 Å². The van der Waals surface area contributed by atoms with Crippen LogP contribution in [0.3, 0.4) is 0 Å². The molecule has 2 aromatic rings. The molecule has 2 heterocycles. The fraction of sp³-hybridized carbons (Fsp3) is 0.429. The summed E-state index contributed by atoms with van der Waals surface area (Å²) in [5, 5.41) is 3.24. The van der Waals surface area contributed by atoms with Gasteiger partial charge in [-0.25, -0.2) is 9.97 Å². The Kier molecular flexibility index (Phi) is 6.90. The lowest BCUT2D eigenvalue weighted by Crippen LogP contribution is -2.29. The van der Waals surface area contributed by atoms with E-state index >= 15 is 0 Å². The van der Waals surface area contributed by atoms with Gasteiger partial charge in [-0.15, -0.1) is 0 Å². The van der Waals surface area contributed by atoms with E-state index < -0.39 is 0 Å². The van der Waals surface area contributed by atoms with Crippen LogP contribution in [0.25, 0.3) is 0 Å². The number of nitrogens with one attached hydrogen (secondary N) is 1. The third-order valence-electron chi connectivity index (χ3n) is 4.82. The van der Waals surface area contributed by atoms with Gasteiger partial charge in [0, 0.05) is 38.7 Å². The molecule has 0 fully saturated rings. The Morgan fingerprint density at radius 1 is 1.15 bits per heavy atom. The Morgan fingerprint density at radius 3 is 2.78 bits per heavy atom. The van der Waals surface area contributed by atoms with Gasteiger partial charge in [0.1, 0.15) is 5.69 Å². The van der Waals surface area contributed by atoms with Crippen LogP contribution in [0.5, 0.6) is 0 Å². The maximum Gasteiger partial charge on any atom is 0.272 e. The molecule has 0 saturated heterocycles. The summed E-state index contributed by atoms with van der Waals surface area (Å²) in [5.74, 6) is 0.421. The summed E-state index contributed by atoms with van der Waals surface area (Å²) >= 11 is 0. The fourth-order valence-electron chi connectivity index (χ4n) is 3.17. The van der Waals surface area contributed by atoms with E-state index in [1.807, 2.05) is 12.1 Å². The highest BCUT2D eigenvalue weighted by Gasteiger charge is 2.14. The standard InChI is InChI=1S/C21H27N5O/c1-26(16-11-18-7-12-22-13-8-18)20(27)19-10-15-24-21(25-19)23-14-9-17-5-3-2-4-6-17/h5,7-8,10,12-13,15H,2-4,6,9,11,14,16H2,1H3,(H,23,24,25). The van der Waals surface area contributed by atoms with Crippen LogP contribution >= 0.6 is 0 Å². The SMILES string of the molecule is CN(CCc1ccncc1)C(=O)c1ccnc(NCCC2=CCCCC2)n1. The van der Waals surface area contributed by atoms with Crippen LogP contribution in [0.1, 0.15) is 48.2 Å². The van der Waals surface area contributed by atoms with Crippen LogP contribution in [-0.2, 0) is 6.42 Å². The Labute approximate surface area is 160 Å². The summed E-state index contributed by atoms with van der Waals surface area (Å²) in [6.07, 6.45) is 14.3. The average Bonchev–Trinajstić information content (AvgIpc) is 2.73. The van der Waals surface area contributed by atoms with E-state index in [4.69, 9.17) is 0 Å². The lowest BCUT2D eigenvalue weighted by atomic mass is 9.97. The molecule has 142 valence electrons. The van der Waals surface area contributed by atoms with E-state index in [0.717, 1.165) is 24.9 Å². The monoisotopic (exact) mass is 365 g/mol. The molecule has 6 nitrogen and oxygen atoms in total. The number of hydrogen-bond acceptors (Lipinski definition) is 5. The topological polar surface area (TPSA) is 71.0 Å². The number of carbonyl (C=O) groups excluding carboxylic acids is 1. The Bertz CT molecular complexity index is 775. The molecular weight excluding hydrogens is 338 g/mol. The Hall–Kier alpha value is -2.76. The first-order valence-corrected chi connectivity index (χ1v) is 9.61. The van der Waals surface area contributed by atoms with Crippen molar-refractivity contribution in [1.82, 2.24) is 19.9 Å². The van der Waals surface area contributed by atoms with Gasteiger partial charge in [-0.1, -0.05) is 11.6 Å². The van der Waals surface area contributed by atoms with Crippen LogP contribution in [0.4, 0.5) is 5.95 Å². The van der Waals surface area contributed by atoms with Crippen molar-refractivity contribution >= 4 is 11.9 Å². The number of rotatable bonds is 8. The van der Waals surface area contributed by atoms with Crippen molar-refractivity contribution < 1.29 is 4.79 Å². The van der Waals surface area contributed by atoms with Crippen LogP contribution < -0.4 is 5.32 Å². The zero-order chi connectivity index (χ0) is 18.9. The summed E-state index contributed by atoms with van der Waals surface area (Å²) < 4.78 is 0. The Balaban J connectivity index is 1.50. The highest BCUT2D eigenvalue weighted by molar-refractivity contribution is 5.92. The van der Waals surface area contributed by atoms with Crippen molar-refractivity contribution in [3.63, 3.8) is 0 Å². The molecular formula is C21H27N5O. The zero-order valence-corrected chi connectivity index (χ0v) is 15.9. The summed E-state index contributed by atoms with van der Waals surface area (Å²) in [6, 6.07) is 5.60. The van der Waals surface area contributed by atoms with Gasteiger partial charge in [0.15, 0.2) is 0 Å². The van der Waals surface area contributed by atoms with Crippen LogP contribution in [-0.4, -0.2) is 45.9 Å². The predicted octanol–water partition coefficient (Wildman–Crippen LogP) is 3.49. The minimum absolute atomic E-state index is 0.0931. The van der Waals surface area contributed by atoms with Gasteiger partial charge in [-0.05, 0) is 62.3 Å². The molecule has 1 N–H and O–H groups in total. The molecule has 1 aliphatic carbocycles. The molecule has 1 aliphatic rings. The fourth-order valence-corrected chi connectivity index (χ4v) is 3.17. The maximum absolute atomic E-state index is 12.6. The summed E-state index contributed by atoms with van der Waals surface area (Å²) in [7, 11) is 1.80. The molecule has 0 aliphatic heterocycles. The van der Waals surface area contributed by atoms with E-state index in [1.165, 1.54) is 31.3 Å². The molecule has 6 heteroatoms. The van der Waals surface area contributed by atoms with Gasteiger partial charge in [0.25, 0.3) is 5.91 Å². The molecule has 0 saturated carbocycles. The molecule has 27 heavy (non-hydrogen) atoms. The second-order valence-corrected chi connectivity index (χ2v) is 6.88. The van der Waals surface area contributed by atoms with Gasteiger partial charge in [0.2, 0.25) is 5.95 Å². The van der Waals surface area contributed by atoms with Gasteiger partial charge in [-0.3, -0.25) is 9.78 Å². The first-order valence-electron chi connectivity index (χ1n) is 9.61. The predicted molar refractivity (Wildman–Crippen MR) is 107 cm³/mol. The molecule has 0 spiro atoms. The first kappa shape index (κ1) is 19.0. The van der Waals surface area contributed by atoms with Gasteiger partial charge >= 0.3 is 0 Å². The number of aromatic nitrogens is 3. The first-order chi connectivity index (χ1) is 13.2. The van der Waals surface area contributed by atoms with Crippen molar-refractivity contribution in [3.05, 3.63) is 59.7 Å². The smallest absolute Gasteiger partial charge is 0.272 e. The quantitative estimate of drug-likeness (QED) is 0.725. The van der Waals surface area contributed by atoms with Gasteiger partial charge in [-0.2, -0.15) is 0 Å². The van der Waals surface area contributed by atoms with Crippen molar-refractivity contribution in [2.45, 2.75) is 38.5 Å². The van der Waals surface area contributed by atoms with Crippen LogP contribution in [0, 0.1) is 0 Å². The number of allylic oxidation sites excluding steroid dienone is 1. The summed E-state index contributed by atoms with van der Waals surface area (Å²) in [4.78, 5) is 27.0. The van der Waals surface area contributed by atoms with Gasteiger partial charge in [0.05, 0.1) is 0 Å². The van der Waals surface area contributed by atoms with Crippen molar-refractivity contribution in [1.29, 1.82) is 0 Å². The Morgan fingerprint density at radius 2 is 2.00 bits per heavy atom. The molecule has 0 bridgehead atoms. The number of nitrogens with zero attached hydrogens (tertiary/aromatic N) is 4. The maximum atomic E-state index is 12.6. The molecule has 0 unspecified atom stereocenters. The van der Waals surface area contributed by atoms with Crippen molar-refractivity contribution in [3.8, 4) is 0 Å². The number of carbonyl (C=O) groups is 1.